The number of carbonyl (C=O) groups is 2. The fraction of sp³-hybridized carbons (Fsp3) is 0.400. The van der Waals surface area contributed by atoms with E-state index in [0.29, 0.717) is 26.2 Å². The number of piperazine rings is 1. The van der Waals surface area contributed by atoms with Gasteiger partial charge in [0.1, 0.15) is 0 Å². The van der Waals surface area contributed by atoms with Gasteiger partial charge in [0.2, 0.25) is 5.91 Å². The number of imide groups is 1. The van der Waals surface area contributed by atoms with Crippen LogP contribution in [0.2, 0.25) is 0 Å². The molecule has 9 nitrogen and oxygen atoms in total. The van der Waals surface area contributed by atoms with Crippen LogP contribution in [0, 0.1) is 0 Å². The fourth-order valence-corrected chi connectivity index (χ4v) is 3.05. The molecule has 1 aliphatic rings. The largest absolute Gasteiger partial charge is 0.367 e. The van der Waals surface area contributed by atoms with Crippen LogP contribution < -0.4 is 21.6 Å². The van der Waals surface area contributed by atoms with Gasteiger partial charge in [0.25, 0.3) is 0 Å². The van der Waals surface area contributed by atoms with Crippen molar-refractivity contribution in [2.24, 2.45) is 5.73 Å². The quantitative estimate of drug-likeness (QED) is 0.606. The number of benzene rings is 1. The molecule has 3 amide bonds. The molecule has 3 rings (SSSR count). The van der Waals surface area contributed by atoms with Crippen molar-refractivity contribution < 1.29 is 9.59 Å². The minimum atomic E-state index is -0.839. The molecule has 9 heteroatoms. The van der Waals surface area contributed by atoms with E-state index in [-0.39, 0.29) is 5.69 Å². The summed E-state index contributed by atoms with van der Waals surface area (Å²) >= 11 is 0. The number of para-hydroxylation sites is 1. The molecule has 2 heterocycles. The lowest BCUT2D eigenvalue weighted by Crippen LogP contribution is -2.55. The second kappa shape index (κ2) is 6.36. The average Bonchev–Trinajstić information content (AvgIpc) is 2.93. The van der Waals surface area contributed by atoms with Crippen LogP contribution in [0.4, 0.5) is 10.5 Å². The Bertz CT molecular complexity index is 818. The van der Waals surface area contributed by atoms with Gasteiger partial charge in [0.15, 0.2) is 0 Å². The smallest absolute Gasteiger partial charge is 0.323 e. The first-order chi connectivity index (χ1) is 11.5. The first-order valence-corrected chi connectivity index (χ1v) is 7.76. The number of H-pyrrole nitrogens is 2. The third-order valence-corrected chi connectivity index (χ3v) is 4.36. The molecule has 5 N–H and O–H groups in total. The van der Waals surface area contributed by atoms with Gasteiger partial charge in [-0.2, -0.15) is 0 Å². The molecule has 24 heavy (non-hydrogen) atoms. The summed E-state index contributed by atoms with van der Waals surface area (Å²) in [5.41, 5.74) is 7.27. The Morgan fingerprint density at radius 3 is 2.58 bits per heavy atom. The molecule has 0 bridgehead atoms. The number of carbonyl (C=O) groups excluding carboxylic acids is 2. The van der Waals surface area contributed by atoms with E-state index in [9.17, 15) is 14.4 Å². The van der Waals surface area contributed by atoms with E-state index in [2.05, 4.69) is 20.2 Å². The predicted molar refractivity (Wildman–Crippen MR) is 89.9 cm³/mol. The van der Waals surface area contributed by atoms with Gasteiger partial charge in [-0.3, -0.25) is 15.0 Å². The molecule has 0 spiro atoms. The molecule has 128 valence electrons. The Labute approximate surface area is 137 Å². The van der Waals surface area contributed by atoms with Crippen molar-refractivity contribution in [1.29, 1.82) is 0 Å². The van der Waals surface area contributed by atoms with Crippen molar-refractivity contribution in [2.45, 2.75) is 13.0 Å². The number of hydrogen-bond acceptors (Lipinski definition) is 5. The SMILES string of the molecule is CC(C(=O)NC(N)=O)N1CCN(c2cccc3[nH]c(=O)[nH]c23)CC1. The highest BCUT2D eigenvalue weighted by atomic mass is 16.2. The number of nitrogens with two attached hydrogens (primary N) is 1. The summed E-state index contributed by atoms with van der Waals surface area (Å²) in [5.74, 6) is -0.395. The maximum absolute atomic E-state index is 11.9. The van der Waals surface area contributed by atoms with Gasteiger partial charge >= 0.3 is 11.7 Å². The number of aromatic nitrogens is 2. The third kappa shape index (κ3) is 3.11. The van der Waals surface area contributed by atoms with Crippen molar-refractivity contribution in [3.05, 3.63) is 28.7 Å². The molecule has 1 unspecified atom stereocenters. The first-order valence-electron chi connectivity index (χ1n) is 7.76. The van der Waals surface area contributed by atoms with Crippen molar-refractivity contribution >= 4 is 28.7 Å². The summed E-state index contributed by atoms with van der Waals surface area (Å²) in [6.45, 7) is 4.50. The van der Waals surface area contributed by atoms with E-state index < -0.39 is 18.0 Å². The van der Waals surface area contributed by atoms with E-state index in [1.54, 1.807) is 6.92 Å². The summed E-state index contributed by atoms with van der Waals surface area (Å²) < 4.78 is 0. The number of amides is 3. The van der Waals surface area contributed by atoms with Crippen LogP contribution in [0.15, 0.2) is 23.0 Å². The number of primary amides is 1. The average molecular weight is 332 g/mol. The Morgan fingerprint density at radius 1 is 1.21 bits per heavy atom. The number of nitrogens with zero attached hydrogens (tertiary/aromatic N) is 2. The number of hydrogen-bond donors (Lipinski definition) is 4. The molecule has 1 atom stereocenters. The number of nitrogens with one attached hydrogen (secondary N) is 3. The monoisotopic (exact) mass is 332 g/mol. The van der Waals surface area contributed by atoms with Crippen molar-refractivity contribution in [1.82, 2.24) is 20.2 Å². The number of imidazole rings is 1. The Hall–Kier alpha value is -2.81. The summed E-state index contributed by atoms with van der Waals surface area (Å²) in [7, 11) is 0. The standard InChI is InChI=1S/C15H20N6O3/c1-9(13(22)19-14(16)23)20-5-7-21(8-6-20)11-4-2-3-10-12(11)18-15(24)17-10/h2-4,9H,5-8H2,1H3,(H2,17,18,24)(H3,16,19,22,23). The molecular weight excluding hydrogens is 312 g/mol. The molecule has 1 aromatic carbocycles. The highest BCUT2D eigenvalue weighted by Crippen LogP contribution is 2.24. The lowest BCUT2D eigenvalue weighted by molar-refractivity contribution is -0.124. The van der Waals surface area contributed by atoms with Gasteiger partial charge in [-0.1, -0.05) is 6.07 Å². The van der Waals surface area contributed by atoms with Gasteiger partial charge in [-0.05, 0) is 19.1 Å². The lowest BCUT2D eigenvalue weighted by atomic mass is 10.2. The predicted octanol–water partition coefficient (Wildman–Crippen LogP) is -0.438. The second-order valence-electron chi connectivity index (χ2n) is 5.83. The van der Waals surface area contributed by atoms with E-state index in [1.165, 1.54) is 0 Å². The zero-order chi connectivity index (χ0) is 17.3. The Kier molecular flexibility index (Phi) is 4.26. The van der Waals surface area contributed by atoms with Gasteiger partial charge < -0.3 is 20.6 Å². The third-order valence-electron chi connectivity index (χ3n) is 4.36. The number of anilines is 1. The van der Waals surface area contributed by atoms with E-state index in [0.717, 1.165) is 16.7 Å². The molecule has 1 fully saturated rings. The van der Waals surface area contributed by atoms with E-state index in [4.69, 9.17) is 5.73 Å². The molecule has 0 radical (unpaired) electrons. The number of rotatable bonds is 3. The molecule has 1 saturated heterocycles. The number of aromatic amines is 2. The maximum Gasteiger partial charge on any atom is 0.323 e. The Morgan fingerprint density at radius 2 is 1.92 bits per heavy atom. The minimum absolute atomic E-state index is 0.229. The van der Waals surface area contributed by atoms with Gasteiger partial charge in [0.05, 0.1) is 22.8 Å². The first kappa shape index (κ1) is 16.1. The maximum atomic E-state index is 11.9. The van der Waals surface area contributed by atoms with Gasteiger partial charge in [-0.25, -0.2) is 9.59 Å². The molecule has 2 aromatic rings. The topological polar surface area (TPSA) is 127 Å². The molecule has 0 saturated carbocycles. The zero-order valence-electron chi connectivity index (χ0n) is 13.3. The van der Waals surface area contributed by atoms with Gasteiger partial charge in [0, 0.05) is 26.2 Å². The summed E-state index contributed by atoms with van der Waals surface area (Å²) in [4.78, 5) is 43.9. The van der Waals surface area contributed by atoms with Gasteiger partial charge in [-0.15, -0.1) is 0 Å². The van der Waals surface area contributed by atoms with Crippen LogP contribution in [-0.4, -0.2) is 59.0 Å². The molecular formula is C15H20N6O3. The zero-order valence-corrected chi connectivity index (χ0v) is 13.3. The van der Waals surface area contributed by atoms with Crippen LogP contribution in [-0.2, 0) is 4.79 Å². The highest BCUT2D eigenvalue weighted by molar-refractivity contribution is 5.96. The van der Waals surface area contributed by atoms with Crippen molar-refractivity contribution in [3.63, 3.8) is 0 Å². The number of urea groups is 1. The summed E-state index contributed by atoms with van der Waals surface area (Å²) in [5, 5.41) is 2.11. The minimum Gasteiger partial charge on any atom is -0.367 e. The van der Waals surface area contributed by atoms with Crippen molar-refractivity contribution in [3.8, 4) is 0 Å². The molecule has 1 aliphatic heterocycles. The lowest BCUT2D eigenvalue weighted by Gasteiger charge is -2.38. The van der Waals surface area contributed by atoms with Crippen molar-refractivity contribution in [2.75, 3.05) is 31.1 Å². The van der Waals surface area contributed by atoms with E-state index in [1.807, 2.05) is 23.1 Å². The van der Waals surface area contributed by atoms with Crippen LogP contribution in [0.3, 0.4) is 0 Å². The van der Waals surface area contributed by atoms with Crippen LogP contribution in [0.25, 0.3) is 11.0 Å². The second-order valence-corrected chi connectivity index (χ2v) is 5.83. The van der Waals surface area contributed by atoms with Crippen LogP contribution in [0.5, 0.6) is 0 Å². The summed E-state index contributed by atoms with van der Waals surface area (Å²) in [6, 6.07) is 4.45. The van der Waals surface area contributed by atoms with Crippen LogP contribution in [0.1, 0.15) is 6.92 Å². The van der Waals surface area contributed by atoms with Crippen LogP contribution >= 0.6 is 0 Å². The van der Waals surface area contributed by atoms with E-state index >= 15 is 0 Å². The number of fused-ring (bicyclic) bond motifs is 1. The summed E-state index contributed by atoms with van der Waals surface area (Å²) in [6.07, 6.45) is 0. The normalized spacial score (nSPS) is 17.0. The highest BCUT2D eigenvalue weighted by Gasteiger charge is 2.27. The molecule has 1 aromatic heterocycles. The Balaban J connectivity index is 1.69. The fourth-order valence-electron chi connectivity index (χ4n) is 3.05. The molecule has 0 aliphatic carbocycles.